The van der Waals surface area contributed by atoms with Gasteiger partial charge in [0.2, 0.25) is 0 Å². The van der Waals surface area contributed by atoms with Crippen LogP contribution in [0.2, 0.25) is 0 Å². The summed E-state index contributed by atoms with van der Waals surface area (Å²) < 4.78 is 29.6. The average molecular weight is 729 g/mol. The summed E-state index contributed by atoms with van der Waals surface area (Å²) in [5.74, 6) is 1.25. The number of hydrogen-bond donors (Lipinski definition) is 0. The topological polar surface area (TPSA) is 96.7 Å². The van der Waals surface area contributed by atoms with E-state index in [1.54, 1.807) is 12.4 Å². The van der Waals surface area contributed by atoms with Crippen molar-refractivity contribution in [2.75, 3.05) is 52.9 Å². The average Bonchev–Trinajstić information content (AvgIpc) is 3.25. The first kappa shape index (κ1) is 35.8. The molecule has 7 aromatic rings. The molecule has 274 valence electrons. The van der Waals surface area contributed by atoms with E-state index in [0.29, 0.717) is 64.4 Å². The molecule has 0 spiro atoms. The number of pyridine rings is 2. The standard InChI is InChI=1S/C46H40N4O5/c1-3-7-43-35(5-1)13-19-39(49-43)31-47-37-15-9-33(10-16-37)41-29-45-46(55-28-26-53-24-22-51-21-23-52-25-27-54-45)30-42(41)34-11-17-38(18-12-34)48-32-40-20-14-36-6-2-4-8-44(36)50-40/h1-20,29-32H,21-28H2. The highest BCUT2D eigenvalue weighted by Gasteiger charge is 2.16. The monoisotopic (exact) mass is 728 g/mol. The van der Waals surface area contributed by atoms with E-state index in [4.69, 9.17) is 43.6 Å². The van der Waals surface area contributed by atoms with Gasteiger partial charge in [-0.15, -0.1) is 0 Å². The minimum absolute atomic E-state index is 0.362. The number of rotatable bonds is 6. The van der Waals surface area contributed by atoms with Crippen LogP contribution in [0.25, 0.3) is 44.1 Å². The summed E-state index contributed by atoms with van der Waals surface area (Å²) in [6, 6.07) is 44.6. The Hall–Kier alpha value is -6.26. The molecule has 1 aliphatic rings. The molecule has 0 bridgehead atoms. The first-order valence-electron chi connectivity index (χ1n) is 18.4. The van der Waals surface area contributed by atoms with E-state index in [1.807, 2.05) is 84.9 Å². The number of ether oxygens (including phenoxy) is 5. The minimum Gasteiger partial charge on any atom is -0.487 e. The zero-order chi connectivity index (χ0) is 37.1. The molecule has 8 rings (SSSR count). The number of nitrogens with zero attached hydrogens (tertiary/aromatic N) is 4. The number of aliphatic imine (C=N–C) groups is 2. The Bertz CT molecular complexity index is 2260. The Balaban J connectivity index is 1.10. The zero-order valence-corrected chi connectivity index (χ0v) is 30.3. The Kier molecular flexibility index (Phi) is 11.5. The summed E-state index contributed by atoms with van der Waals surface area (Å²) in [5, 5.41) is 2.20. The maximum atomic E-state index is 6.29. The lowest BCUT2D eigenvalue weighted by Crippen LogP contribution is -2.13. The predicted molar refractivity (Wildman–Crippen MR) is 219 cm³/mol. The van der Waals surface area contributed by atoms with E-state index in [9.17, 15) is 0 Å². The van der Waals surface area contributed by atoms with Crippen LogP contribution in [0.1, 0.15) is 11.4 Å². The van der Waals surface area contributed by atoms with Gasteiger partial charge in [0, 0.05) is 10.8 Å². The van der Waals surface area contributed by atoms with Crippen LogP contribution >= 0.6 is 0 Å². The van der Waals surface area contributed by atoms with Gasteiger partial charge in [0.05, 0.1) is 85.9 Å². The lowest BCUT2D eigenvalue weighted by atomic mass is 9.93. The number of fused-ring (bicyclic) bond motifs is 3. The van der Waals surface area contributed by atoms with Crippen molar-refractivity contribution >= 4 is 45.6 Å². The number of para-hydroxylation sites is 2. The summed E-state index contributed by atoms with van der Waals surface area (Å²) in [6.07, 6.45) is 3.59. The molecular weight excluding hydrogens is 689 g/mol. The van der Waals surface area contributed by atoms with E-state index < -0.39 is 0 Å². The molecule has 1 aliphatic heterocycles. The predicted octanol–water partition coefficient (Wildman–Crippen LogP) is 9.44. The second-order valence-corrected chi connectivity index (χ2v) is 12.8. The molecule has 5 aromatic carbocycles. The Morgan fingerprint density at radius 1 is 0.418 bits per heavy atom. The third kappa shape index (κ3) is 9.28. The van der Waals surface area contributed by atoms with E-state index in [-0.39, 0.29) is 0 Å². The fourth-order valence-electron chi connectivity index (χ4n) is 6.27. The van der Waals surface area contributed by atoms with Crippen molar-refractivity contribution in [2.45, 2.75) is 0 Å². The molecule has 9 heteroatoms. The van der Waals surface area contributed by atoms with Gasteiger partial charge in [0.15, 0.2) is 11.5 Å². The highest BCUT2D eigenvalue weighted by Crippen LogP contribution is 2.42. The molecule has 0 radical (unpaired) electrons. The van der Waals surface area contributed by atoms with Gasteiger partial charge in [0.1, 0.15) is 13.2 Å². The van der Waals surface area contributed by atoms with Crippen LogP contribution in [-0.2, 0) is 14.2 Å². The molecule has 0 amide bonds. The highest BCUT2D eigenvalue weighted by atomic mass is 16.6. The van der Waals surface area contributed by atoms with Crippen LogP contribution < -0.4 is 9.47 Å². The summed E-state index contributed by atoms with van der Waals surface area (Å²) in [6.45, 7) is 3.56. The molecule has 0 unspecified atom stereocenters. The van der Waals surface area contributed by atoms with Crippen LogP contribution in [0, 0.1) is 0 Å². The van der Waals surface area contributed by atoms with Gasteiger partial charge in [-0.2, -0.15) is 0 Å². The first-order valence-corrected chi connectivity index (χ1v) is 18.4. The number of aromatic nitrogens is 2. The maximum Gasteiger partial charge on any atom is 0.161 e. The molecule has 3 heterocycles. The molecule has 0 saturated heterocycles. The van der Waals surface area contributed by atoms with Crippen molar-refractivity contribution in [3.63, 3.8) is 0 Å². The van der Waals surface area contributed by atoms with Crippen LogP contribution in [0.4, 0.5) is 11.4 Å². The summed E-state index contributed by atoms with van der Waals surface area (Å²) >= 11 is 0. The van der Waals surface area contributed by atoms with Crippen LogP contribution in [0.3, 0.4) is 0 Å². The van der Waals surface area contributed by atoms with Gasteiger partial charge in [-0.05, 0) is 82.9 Å². The fourth-order valence-corrected chi connectivity index (χ4v) is 6.27. The molecule has 9 nitrogen and oxygen atoms in total. The van der Waals surface area contributed by atoms with E-state index in [2.05, 4.69) is 48.5 Å². The normalized spacial score (nSPS) is 14.6. The smallest absolute Gasteiger partial charge is 0.161 e. The molecule has 0 fully saturated rings. The number of benzene rings is 5. The van der Waals surface area contributed by atoms with Gasteiger partial charge in [-0.3, -0.25) is 9.98 Å². The Morgan fingerprint density at radius 3 is 1.25 bits per heavy atom. The van der Waals surface area contributed by atoms with Gasteiger partial charge in [-0.25, -0.2) is 9.97 Å². The molecule has 0 saturated carbocycles. The number of hydrogen-bond acceptors (Lipinski definition) is 9. The van der Waals surface area contributed by atoms with Gasteiger partial charge in [0.25, 0.3) is 0 Å². The fraction of sp³-hybridized carbons (Fsp3) is 0.174. The van der Waals surface area contributed by atoms with E-state index in [0.717, 1.165) is 66.8 Å². The third-order valence-electron chi connectivity index (χ3n) is 9.09. The summed E-state index contributed by atoms with van der Waals surface area (Å²) in [4.78, 5) is 18.9. The molecule has 0 atom stereocenters. The summed E-state index contributed by atoms with van der Waals surface area (Å²) in [5.41, 5.74) is 9.07. The van der Waals surface area contributed by atoms with Gasteiger partial charge in [-0.1, -0.05) is 72.8 Å². The van der Waals surface area contributed by atoms with E-state index >= 15 is 0 Å². The van der Waals surface area contributed by atoms with Crippen LogP contribution in [0.5, 0.6) is 11.5 Å². The second-order valence-electron chi connectivity index (χ2n) is 12.8. The van der Waals surface area contributed by atoms with Crippen molar-refractivity contribution in [1.82, 2.24) is 9.97 Å². The maximum absolute atomic E-state index is 6.29. The molecular formula is C46H40N4O5. The first-order chi connectivity index (χ1) is 27.2. The van der Waals surface area contributed by atoms with Crippen molar-refractivity contribution in [2.24, 2.45) is 9.98 Å². The van der Waals surface area contributed by atoms with Crippen molar-refractivity contribution in [1.29, 1.82) is 0 Å². The second kappa shape index (κ2) is 17.7. The molecule has 55 heavy (non-hydrogen) atoms. The minimum atomic E-state index is 0.362. The Morgan fingerprint density at radius 2 is 0.818 bits per heavy atom. The lowest BCUT2D eigenvalue weighted by molar-refractivity contribution is 0.00708. The summed E-state index contributed by atoms with van der Waals surface area (Å²) in [7, 11) is 0. The SMILES string of the molecule is C(=Nc1ccc(-c2cc3c(cc2-c2ccc(N=Cc4ccc5ccccc5n4)cc2)OCCOCCOCCOCCO3)cc1)c1ccc2ccccc2n1. The molecule has 2 aromatic heterocycles. The quantitative estimate of drug-likeness (QED) is 0.158. The van der Waals surface area contributed by atoms with Crippen LogP contribution in [-0.4, -0.2) is 75.3 Å². The highest BCUT2D eigenvalue weighted by molar-refractivity contribution is 5.89. The van der Waals surface area contributed by atoms with Crippen molar-refractivity contribution in [3.05, 3.63) is 145 Å². The van der Waals surface area contributed by atoms with Gasteiger partial charge >= 0.3 is 0 Å². The van der Waals surface area contributed by atoms with Gasteiger partial charge < -0.3 is 23.7 Å². The van der Waals surface area contributed by atoms with Crippen LogP contribution in [0.15, 0.2) is 143 Å². The van der Waals surface area contributed by atoms with Crippen molar-refractivity contribution in [3.8, 4) is 33.8 Å². The largest absolute Gasteiger partial charge is 0.487 e. The Labute approximate surface area is 319 Å². The van der Waals surface area contributed by atoms with Crippen molar-refractivity contribution < 1.29 is 23.7 Å². The molecule has 0 aliphatic carbocycles. The van der Waals surface area contributed by atoms with E-state index in [1.165, 1.54) is 0 Å². The lowest BCUT2D eigenvalue weighted by Gasteiger charge is -2.18. The third-order valence-corrected chi connectivity index (χ3v) is 9.09. The molecule has 0 N–H and O–H groups in total. The zero-order valence-electron chi connectivity index (χ0n) is 30.3.